The second-order valence-electron chi connectivity index (χ2n) is 9.66. The van der Waals surface area contributed by atoms with E-state index in [2.05, 4.69) is 0 Å². The number of halogens is 3. The van der Waals surface area contributed by atoms with Gasteiger partial charge in [0.1, 0.15) is 17.7 Å². The molecule has 2 atom stereocenters. The minimum atomic E-state index is -0.985. The van der Waals surface area contributed by atoms with Gasteiger partial charge < -0.3 is 19.5 Å². The van der Waals surface area contributed by atoms with Crippen molar-refractivity contribution in [2.24, 2.45) is 5.41 Å². The van der Waals surface area contributed by atoms with Crippen molar-refractivity contribution in [3.8, 4) is 5.75 Å². The number of carbonyl (C=O) groups is 1. The Kier molecular flexibility index (Phi) is 5.74. The Labute approximate surface area is 196 Å². The fraction of sp³-hybridized carbons (Fsp3) is 0.500. The Morgan fingerprint density at radius 3 is 2.59 bits per heavy atom. The van der Waals surface area contributed by atoms with Gasteiger partial charge in [-0.25, -0.2) is 13.2 Å². The molecule has 182 valence electrons. The van der Waals surface area contributed by atoms with E-state index in [9.17, 15) is 18.7 Å². The minimum absolute atomic E-state index is 0.0887. The molecule has 2 saturated carbocycles. The lowest BCUT2D eigenvalue weighted by Crippen LogP contribution is -2.39. The Hall–Kier alpha value is -2.74. The van der Waals surface area contributed by atoms with Crippen LogP contribution in [0.25, 0.3) is 0 Å². The van der Waals surface area contributed by atoms with Gasteiger partial charge in [0.2, 0.25) is 0 Å². The number of aliphatic carboxylic acids is 1. The quantitative estimate of drug-likeness (QED) is 0.597. The molecule has 0 spiro atoms. The van der Waals surface area contributed by atoms with Crippen molar-refractivity contribution in [2.75, 3.05) is 18.6 Å². The molecule has 0 amide bonds. The van der Waals surface area contributed by atoms with E-state index in [4.69, 9.17) is 9.47 Å². The van der Waals surface area contributed by atoms with Crippen LogP contribution in [0.5, 0.6) is 5.75 Å². The average Bonchev–Trinajstić information content (AvgIpc) is 3.54. The van der Waals surface area contributed by atoms with Crippen molar-refractivity contribution in [1.29, 1.82) is 0 Å². The predicted octanol–water partition coefficient (Wildman–Crippen LogP) is 5.19. The number of benzene rings is 2. The lowest BCUT2D eigenvalue weighted by Gasteiger charge is -2.35. The number of anilines is 1. The molecule has 8 heteroatoms. The molecule has 1 aliphatic heterocycles. The number of carboxylic acid groups (broad SMARTS) is 1. The molecule has 1 N–H and O–H groups in total. The molecule has 2 fully saturated rings. The monoisotopic (exact) mass is 475 g/mol. The molecule has 0 saturated heterocycles. The van der Waals surface area contributed by atoms with Crippen LogP contribution >= 0.6 is 0 Å². The summed E-state index contributed by atoms with van der Waals surface area (Å²) in [4.78, 5) is 13.4. The molecule has 5 nitrogen and oxygen atoms in total. The summed E-state index contributed by atoms with van der Waals surface area (Å²) in [6, 6.07) is 6.00. The SMILES string of the molecule is CC[C@]1(C(=O)O)C[C@@H]1c1ccc2c(c1F)CCN(c1cc(OC3CC(OC)C3)cc(F)c1F)C2. The van der Waals surface area contributed by atoms with Crippen LogP contribution in [-0.2, 0) is 22.5 Å². The average molecular weight is 476 g/mol. The largest absolute Gasteiger partial charge is 0.490 e. The van der Waals surface area contributed by atoms with Gasteiger partial charge in [0.15, 0.2) is 11.6 Å². The van der Waals surface area contributed by atoms with E-state index in [0.29, 0.717) is 55.3 Å². The van der Waals surface area contributed by atoms with Crippen molar-refractivity contribution in [2.45, 2.75) is 63.7 Å². The van der Waals surface area contributed by atoms with Crippen molar-refractivity contribution in [1.82, 2.24) is 0 Å². The van der Waals surface area contributed by atoms with Crippen LogP contribution in [0.4, 0.5) is 18.9 Å². The highest BCUT2D eigenvalue weighted by molar-refractivity contribution is 5.80. The van der Waals surface area contributed by atoms with Crippen LogP contribution in [0, 0.1) is 22.9 Å². The van der Waals surface area contributed by atoms with Gasteiger partial charge in [-0.3, -0.25) is 4.79 Å². The Morgan fingerprint density at radius 2 is 1.94 bits per heavy atom. The summed E-state index contributed by atoms with van der Waals surface area (Å²) in [6.45, 7) is 2.35. The number of methoxy groups -OCH3 is 1. The first-order chi connectivity index (χ1) is 16.3. The molecule has 0 aromatic heterocycles. The first-order valence-corrected chi connectivity index (χ1v) is 11.7. The predicted molar refractivity (Wildman–Crippen MR) is 120 cm³/mol. The van der Waals surface area contributed by atoms with E-state index in [1.165, 1.54) is 6.07 Å². The van der Waals surface area contributed by atoms with Gasteiger partial charge in [0.05, 0.1) is 17.2 Å². The van der Waals surface area contributed by atoms with Crippen LogP contribution in [0.3, 0.4) is 0 Å². The van der Waals surface area contributed by atoms with Crippen molar-refractivity contribution in [3.63, 3.8) is 0 Å². The summed E-state index contributed by atoms with van der Waals surface area (Å²) in [5, 5.41) is 9.58. The lowest BCUT2D eigenvalue weighted by atomic mass is 9.91. The van der Waals surface area contributed by atoms with Gasteiger partial charge in [-0.2, -0.15) is 0 Å². The second kappa shape index (κ2) is 8.48. The summed E-state index contributed by atoms with van der Waals surface area (Å²) >= 11 is 0. The maximum Gasteiger partial charge on any atom is 0.310 e. The number of carboxylic acids is 1. The van der Waals surface area contributed by atoms with Crippen LogP contribution in [0.2, 0.25) is 0 Å². The van der Waals surface area contributed by atoms with Crippen LogP contribution in [-0.4, -0.2) is 36.9 Å². The molecular formula is C26H28F3NO4. The molecule has 2 aliphatic carbocycles. The van der Waals surface area contributed by atoms with Gasteiger partial charge in [0, 0.05) is 51.1 Å². The Balaban J connectivity index is 1.36. The Morgan fingerprint density at radius 1 is 1.18 bits per heavy atom. The first kappa shape index (κ1) is 23.0. The molecule has 1 heterocycles. The maximum absolute atomic E-state index is 15.4. The minimum Gasteiger partial charge on any atom is -0.490 e. The van der Waals surface area contributed by atoms with Gasteiger partial charge in [-0.05, 0) is 36.0 Å². The normalized spacial score (nSPS) is 27.7. The van der Waals surface area contributed by atoms with E-state index in [-0.39, 0.29) is 41.9 Å². The zero-order chi connectivity index (χ0) is 24.2. The van der Waals surface area contributed by atoms with Crippen molar-refractivity contribution in [3.05, 3.63) is 58.4 Å². The summed E-state index contributed by atoms with van der Waals surface area (Å²) in [5.41, 5.74) is 0.869. The van der Waals surface area contributed by atoms with E-state index in [0.717, 1.165) is 6.07 Å². The van der Waals surface area contributed by atoms with Crippen LogP contribution < -0.4 is 9.64 Å². The molecule has 0 unspecified atom stereocenters. The third-order valence-corrected chi connectivity index (χ3v) is 7.88. The molecule has 0 radical (unpaired) electrons. The highest BCUT2D eigenvalue weighted by Crippen LogP contribution is 2.62. The number of rotatable bonds is 7. The fourth-order valence-electron chi connectivity index (χ4n) is 5.44. The van der Waals surface area contributed by atoms with Crippen molar-refractivity contribution < 1.29 is 32.5 Å². The molecular weight excluding hydrogens is 447 g/mol. The summed E-state index contributed by atoms with van der Waals surface area (Å²) in [7, 11) is 1.63. The summed E-state index contributed by atoms with van der Waals surface area (Å²) in [6.07, 6.45) is 2.63. The molecule has 2 aromatic rings. The third kappa shape index (κ3) is 3.72. The maximum atomic E-state index is 15.4. The number of fused-ring (bicyclic) bond motifs is 1. The van der Waals surface area contributed by atoms with Gasteiger partial charge >= 0.3 is 5.97 Å². The zero-order valence-corrected chi connectivity index (χ0v) is 19.2. The van der Waals surface area contributed by atoms with Crippen LogP contribution in [0.15, 0.2) is 24.3 Å². The molecule has 2 aromatic carbocycles. The highest BCUT2D eigenvalue weighted by Gasteiger charge is 2.60. The number of hydrogen-bond donors (Lipinski definition) is 1. The molecule has 34 heavy (non-hydrogen) atoms. The highest BCUT2D eigenvalue weighted by atomic mass is 19.2. The van der Waals surface area contributed by atoms with Crippen LogP contribution in [0.1, 0.15) is 55.2 Å². The molecule has 0 bridgehead atoms. The van der Waals surface area contributed by atoms with Gasteiger partial charge in [-0.15, -0.1) is 0 Å². The zero-order valence-electron chi connectivity index (χ0n) is 19.2. The third-order valence-electron chi connectivity index (χ3n) is 7.88. The number of hydrogen-bond acceptors (Lipinski definition) is 4. The summed E-state index contributed by atoms with van der Waals surface area (Å²) in [5.74, 6) is -3.26. The lowest BCUT2D eigenvalue weighted by molar-refractivity contribution is -0.143. The number of ether oxygens (including phenoxy) is 2. The topological polar surface area (TPSA) is 59.0 Å². The molecule has 5 rings (SSSR count). The number of nitrogens with zero attached hydrogens (tertiary/aromatic N) is 1. The Bertz CT molecular complexity index is 1130. The standard InChI is InChI=1S/C26H28F3NO4/c1-3-26(25(31)32)12-20(26)19-5-4-14-13-30(7-6-18(14)23(19)28)22-11-17(10-21(27)24(22)29)34-16-8-15(9-16)33-2/h4-5,10-11,15-16,20H,3,6-9,12-13H2,1-2H3,(H,31,32)/t15?,16?,20-,26+/m1/s1. The van der Waals surface area contributed by atoms with Gasteiger partial charge in [0.25, 0.3) is 0 Å². The first-order valence-electron chi connectivity index (χ1n) is 11.7. The van der Waals surface area contributed by atoms with Crippen molar-refractivity contribution >= 4 is 11.7 Å². The summed E-state index contributed by atoms with van der Waals surface area (Å²) < 4.78 is 55.6. The van der Waals surface area contributed by atoms with E-state index in [1.807, 2.05) is 6.92 Å². The molecule has 3 aliphatic rings. The van der Waals surface area contributed by atoms with E-state index in [1.54, 1.807) is 24.1 Å². The second-order valence-corrected chi connectivity index (χ2v) is 9.66. The smallest absolute Gasteiger partial charge is 0.310 e. The fourth-order valence-corrected chi connectivity index (χ4v) is 5.44. The van der Waals surface area contributed by atoms with E-state index < -0.39 is 23.0 Å². The van der Waals surface area contributed by atoms with E-state index >= 15 is 4.39 Å². The van der Waals surface area contributed by atoms with Gasteiger partial charge in [-0.1, -0.05) is 19.1 Å².